The number of ether oxygens (including phenoxy) is 1. The highest BCUT2D eigenvalue weighted by Crippen LogP contribution is 2.14. The SMILES string of the molecule is CC(C)CO[C@@H](Cc1cccc(Br)c1)C(=O)O. The highest BCUT2D eigenvalue weighted by molar-refractivity contribution is 9.10. The topological polar surface area (TPSA) is 46.5 Å². The third-order valence-electron chi connectivity index (χ3n) is 2.22. The van der Waals surface area contributed by atoms with E-state index in [1.807, 2.05) is 38.1 Å². The van der Waals surface area contributed by atoms with Crippen LogP contribution in [-0.2, 0) is 16.0 Å². The number of carboxylic acid groups (broad SMARTS) is 1. The fourth-order valence-electron chi connectivity index (χ4n) is 1.40. The molecule has 0 radical (unpaired) electrons. The molecule has 0 saturated heterocycles. The van der Waals surface area contributed by atoms with Crippen molar-refractivity contribution in [1.82, 2.24) is 0 Å². The quantitative estimate of drug-likeness (QED) is 0.878. The van der Waals surface area contributed by atoms with E-state index in [1.54, 1.807) is 0 Å². The number of halogens is 1. The Bertz CT molecular complexity index is 377. The molecule has 0 aliphatic rings. The number of aliphatic carboxylic acids is 1. The summed E-state index contributed by atoms with van der Waals surface area (Å²) in [5.74, 6) is -0.579. The Morgan fingerprint density at radius 1 is 1.47 bits per heavy atom. The van der Waals surface area contributed by atoms with E-state index >= 15 is 0 Å². The third kappa shape index (κ3) is 5.33. The molecule has 1 aromatic carbocycles. The minimum Gasteiger partial charge on any atom is -0.479 e. The van der Waals surface area contributed by atoms with Gasteiger partial charge in [-0.1, -0.05) is 41.9 Å². The van der Waals surface area contributed by atoms with Crippen molar-refractivity contribution in [2.45, 2.75) is 26.4 Å². The van der Waals surface area contributed by atoms with Crippen LogP contribution in [0.4, 0.5) is 0 Å². The molecule has 0 bridgehead atoms. The summed E-state index contributed by atoms with van der Waals surface area (Å²) in [6.45, 7) is 4.46. The Morgan fingerprint density at radius 2 is 2.18 bits per heavy atom. The van der Waals surface area contributed by atoms with E-state index in [0.29, 0.717) is 18.9 Å². The average Bonchev–Trinajstić information content (AvgIpc) is 2.23. The first-order valence-corrected chi connectivity index (χ1v) is 6.37. The van der Waals surface area contributed by atoms with Crippen LogP contribution >= 0.6 is 15.9 Å². The van der Waals surface area contributed by atoms with Gasteiger partial charge in [0.2, 0.25) is 0 Å². The van der Waals surface area contributed by atoms with Gasteiger partial charge in [-0.05, 0) is 23.6 Å². The van der Waals surface area contributed by atoms with Gasteiger partial charge in [0, 0.05) is 10.9 Å². The van der Waals surface area contributed by atoms with Gasteiger partial charge >= 0.3 is 5.97 Å². The molecule has 0 aromatic heterocycles. The fraction of sp³-hybridized carbons (Fsp3) is 0.462. The molecular formula is C13H17BrO3. The van der Waals surface area contributed by atoms with Gasteiger partial charge < -0.3 is 9.84 Å². The minimum atomic E-state index is -0.911. The van der Waals surface area contributed by atoms with Crippen LogP contribution in [0, 0.1) is 5.92 Å². The number of benzene rings is 1. The number of hydrogen-bond donors (Lipinski definition) is 1. The molecule has 0 spiro atoms. The van der Waals surface area contributed by atoms with Crippen LogP contribution in [0.2, 0.25) is 0 Å². The van der Waals surface area contributed by atoms with E-state index in [0.717, 1.165) is 10.0 Å². The maximum absolute atomic E-state index is 11.1. The Labute approximate surface area is 110 Å². The van der Waals surface area contributed by atoms with Crippen LogP contribution in [0.1, 0.15) is 19.4 Å². The van der Waals surface area contributed by atoms with E-state index in [4.69, 9.17) is 9.84 Å². The summed E-state index contributed by atoms with van der Waals surface area (Å²) in [5.41, 5.74) is 0.954. The Balaban J connectivity index is 2.63. The zero-order valence-electron chi connectivity index (χ0n) is 10.0. The van der Waals surface area contributed by atoms with E-state index in [-0.39, 0.29) is 0 Å². The van der Waals surface area contributed by atoms with Crippen molar-refractivity contribution in [3.8, 4) is 0 Å². The van der Waals surface area contributed by atoms with Crippen molar-refractivity contribution >= 4 is 21.9 Å². The van der Waals surface area contributed by atoms with Gasteiger partial charge in [-0.25, -0.2) is 4.79 Å². The van der Waals surface area contributed by atoms with Gasteiger partial charge in [-0.2, -0.15) is 0 Å². The summed E-state index contributed by atoms with van der Waals surface area (Å²) >= 11 is 3.36. The number of rotatable bonds is 6. The van der Waals surface area contributed by atoms with Crippen molar-refractivity contribution in [3.63, 3.8) is 0 Å². The highest BCUT2D eigenvalue weighted by Gasteiger charge is 2.19. The molecule has 0 unspecified atom stereocenters. The van der Waals surface area contributed by atoms with Crippen molar-refractivity contribution in [1.29, 1.82) is 0 Å². The zero-order valence-corrected chi connectivity index (χ0v) is 11.6. The monoisotopic (exact) mass is 300 g/mol. The second-order valence-corrected chi connectivity index (χ2v) is 5.30. The van der Waals surface area contributed by atoms with Crippen molar-refractivity contribution in [2.24, 2.45) is 5.92 Å². The molecule has 1 rings (SSSR count). The normalized spacial score (nSPS) is 12.7. The van der Waals surface area contributed by atoms with Gasteiger partial charge in [0.15, 0.2) is 6.10 Å². The molecule has 0 saturated carbocycles. The van der Waals surface area contributed by atoms with Crippen molar-refractivity contribution in [2.75, 3.05) is 6.61 Å². The number of carboxylic acids is 1. The van der Waals surface area contributed by atoms with Crippen LogP contribution in [0.15, 0.2) is 28.7 Å². The van der Waals surface area contributed by atoms with E-state index in [2.05, 4.69) is 15.9 Å². The van der Waals surface area contributed by atoms with Crippen molar-refractivity contribution < 1.29 is 14.6 Å². The van der Waals surface area contributed by atoms with Gasteiger partial charge in [-0.15, -0.1) is 0 Å². The molecular weight excluding hydrogens is 284 g/mol. The van der Waals surface area contributed by atoms with Crippen molar-refractivity contribution in [3.05, 3.63) is 34.3 Å². The first-order chi connectivity index (χ1) is 7.99. The molecule has 0 fully saturated rings. The molecule has 1 N–H and O–H groups in total. The second kappa shape index (κ2) is 6.77. The number of hydrogen-bond acceptors (Lipinski definition) is 2. The molecule has 0 aliphatic carbocycles. The standard InChI is InChI=1S/C13H17BrO3/c1-9(2)8-17-12(13(15)16)7-10-4-3-5-11(14)6-10/h3-6,9,12H,7-8H2,1-2H3,(H,15,16)/t12-/m0/s1. The summed E-state index contributed by atoms with van der Waals surface area (Å²) in [5, 5.41) is 9.08. The molecule has 0 aliphatic heterocycles. The predicted molar refractivity (Wildman–Crippen MR) is 70.1 cm³/mol. The zero-order chi connectivity index (χ0) is 12.8. The highest BCUT2D eigenvalue weighted by atomic mass is 79.9. The summed E-state index contributed by atoms with van der Waals surface area (Å²) in [4.78, 5) is 11.1. The summed E-state index contributed by atoms with van der Waals surface area (Å²) in [7, 11) is 0. The Kier molecular flexibility index (Phi) is 5.65. The average molecular weight is 301 g/mol. The lowest BCUT2D eigenvalue weighted by atomic mass is 10.1. The van der Waals surface area contributed by atoms with E-state index < -0.39 is 12.1 Å². The largest absolute Gasteiger partial charge is 0.479 e. The smallest absolute Gasteiger partial charge is 0.333 e. The fourth-order valence-corrected chi connectivity index (χ4v) is 1.85. The molecule has 3 nitrogen and oxygen atoms in total. The molecule has 17 heavy (non-hydrogen) atoms. The maximum atomic E-state index is 11.1. The molecule has 0 amide bonds. The van der Waals surface area contributed by atoms with Crippen LogP contribution in [-0.4, -0.2) is 23.8 Å². The van der Waals surface area contributed by atoms with Crippen LogP contribution in [0.5, 0.6) is 0 Å². The lowest BCUT2D eigenvalue weighted by Gasteiger charge is -2.15. The number of carbonyl (C=O) groups is 1. The maximum Gasteiger partial charge on any atom is 0.333 e. The minimum absolute atomic E-state index is 0.333. The third-order valence-corrected chi connectivity index (χ3v) is 2.71. The molecule has 1 atom stereocenters. The first kappa shape index (κ1) is 14.2. The molecule has 0 heterocycles. The van der Waals surface area contributed by atoms with Gasteiger partial charge in [-0.3, -0.25) is 0 Å². The first-order valence-electron chi connectivity index (χ1n) is 5.58. The molecule has 94 valence electrons. The lowest BCUT2D eigenvalue weighted by Crippen LogP contribution is -2.28. The Morgan fingerprint density at radius 3 is 2.71 bits per heavy atom. The Hall–Kier alpha value is -0.870. The van der Waals surface area contributed by atoms with Gasteiger partial charge in [0.1, 0.15) is 0 Å². The van der Waals surface area contributed by atoms with E-state index in [1.165, 1.54) is 0 Å². The van der Waals surface area contributed by atoms with Crippen LogP contribution in [0.25, 0.3) is 0 Å². The summed E-state index contributed by atoms with van der Waals surface area (Å²) in [6, 6.07) is 7.61. The van der Waals surface area contributed by atoms with E-state index in [9.17, 15) is 4.79 Å². The van der Waals surface area contributed by atoms with Gasteiger partial charge in [0.25, 0.3) is 0 Å². The lowest BCUT2D eigenvalue weighted by molar-refractivity contribution is -0.150. The van der Waals surface area contributed by atoms with Gasteiger partial charge in [0.05, 0.1) is 6.61 Å². The summed E-state index contributed by atoms with van der Waals surface area (Å²) < 4.78 is 6.34. The second-order valence-electron chi connectivity index (χ2n) is 4.39. The van der Waals surface area contributed by atoms with Crippen LogP contribution in [0.3, 0.4) is 0 Å². The molecule has 4 heteroatoms. The summed E-state index contributed by atoms with van der Waals surface area (Å²) in [6.07, 6.45) is -0.381. The molecule has 1 aromatic rings. The van der Waals surface area contributed by atoms with Crippen LogP contribution < -0.4 is 0 Å². The predicted octanol–water partition coefficient (Wildman–Crippen LogP) is 3.12.